The molecule has 0 radical (unpaired) electrons. The van der Waals surface area contributed by atoms with Gasteiger partial charge >= 0.3 is 0 Å². The Morgan fingerprint density at radius 3 is 2.65 bits per heavy atom. The number of nitro groups is 1. The van der Waals surface area contributed by atoms with Crippen molar-refractivity contribution in [2.75, 3.05) is 25.5 Å². The number of unbranched alkanes of at least 4 members (excludes halogenated alkanes) is 1. The van der Waals surface area contributed by atoms with Gasteiger partial charge in [-0.15, -0.1) is 0 Å². The Hall–Kier alpha value is -2.11. The number of anilines is 1. The zero-order valence-electron chi connectivity index (χ0n) is 12.2. The molecule has 1 rings (SSSR count). The first-order valence-corrected chi connectivity index (χ1v) is 6.79. The zero-order chi connectivity index (χ0) is 15.1. The van der Waals surface area contributed by atoms with Crippen LogP contribution in [0, 0.1) is 10.1 Å². The summed E-state index contributed by atoms with van der Waals surface area (Å²) in [5, 5.41) is 14.1. The fraction of sp³-hybridized carbons (Fsp3) is 0.500. The van der Waals surface area contributed by atoms with E-state index >= 15 is 0 Å². The van der Waals surface area contributed by atoms with E-state index in [4.69, 9.17) is 0 Å². The van der Waals surface area contributed by atoms with Crippen molar-refractivity contribution in [3.05, 3.63) is 33.9 Å². The first-order chi connectivity index (χ1) is 9.51. The van der Waals surface area contributed by atoms with Crippen molar-refractivity contribution in [3.8, 4) is 0 Å². The molecule has 0 saturated heterocycles. The molecule has 0 aliphatic heterocycles. The van der Waals surface area contributed by atoms with Gasteiger partial charge in [0, 0.05) is 31.9 Å². The van der Waals surface area contributed by atoms with E-state index < -0.39 is 4.92 Å². The number of hydrogen-bond acceptors (Lipinski definition) is 4. The van der Waals surface area contributed by atoms with Crippen LogP contribution in [0.4, 0.5) is 11.4 Å². The fourth-order valence-corrected chi connectivity index (χ4v) is 1.88. The lowest BCUT2D eigenvalue weighted by Crippen LogP contribution is -2.28. The molecule has 20 heavy (non-hydrogen) atoms. The van der Waals surface area contributed by atoms with Crippen molar-refractivity contribution in [2.45, 2.75) is 26.7 Å². The standard InChI is InChI=1S/C14H21N3O3/c1-4-6-9-16(3)14(18)12-10-11(15-5-2)7-8-13(12)17(19)20/h7-8,10,15H,4-6,9H2,1-3H3. The summed E-state index contributed by atoms with van der Waals surface area (Å²) in [5.41, 5.74) is 0.692. The number of benzene rings is 1. The number of rotatable bonds is 7. The molecule has 0 aromatic heterocycles. The summed E-state index contributed by atoms with van der Waals surface area (Å²) in [6.07, 6.45) is 1.85. The van der Waals surface area contributed by atoms with Gasteiger partial charge in [-0.25, -0.2) is 0 Å². The summed E-state index contributed by atoms with van der Waals surface area (Å²) in [4.78, 5) is 24.4. The van der Waals surface area contributed by atoms with E-state index in [1.165, 1.54) is 11.0 Å². The van der Waals surface area contributed by atoms with Crippen LogP contribution in [-0.2, 0) is 0 Å². The van der Waals surface area contributed by atoms with Gasteiger partial charge in [-0.2, -0.15) is 0 Å². The second kappa shape index (κ2) is 7.47. The predicted octanol–water partition coefficient (Wildman–Crippen LogP) is 2.90. The third-order valence-corrected chi connectivity index (χ3v) is 3.00. The van der Waals surface area contributed by atoms with Gasteiger partial charge in [0.25, 0.3) is 11.6 Å². The molecule has 1 amide bonds. The molecular formula is C14H21N3O3. The van der Waals surface area contributed by atoms with E-state index in [-0.39, 0.29) is 17.2 Å². The van der Waals surface area contributed by atoms with Crippen molar-refractivity contribution < 1.29 is 9.72 Å². The van der Waals surface area contributed by atoms with Gasteiger partial charge in [-0.1, -0.05) is 13.3 Å². The van der Waals surface area contributed by atoms with Gasteiger partial charge in [0.05, 0.1) is 4.92 Å². The van der Waals surface area contributed by atoms with Crippen molar-refractivity contribution in [2.24, 2.45) is 0 Å². The molecule has 0 fully saturated rings. The van der Waals surface area contributed by atoms with E-state index in [1.807, 2.05) is 13.8 Å². The molecule has 6 heteroatoms. The lowest BCUT2D eigenvalue weighted by molar-refractivity contribution is -0.385. The molecule has 0 saturated carbocycles. The molecule has 0 heterocycles. The molecule has 0 atom stereocenters. The summed E-state index contributed by atoms with van der Waals surface area (Å²) in [6, 6.07) is 4.54. The van der Waals surface area contributed by atoms with Gasteiger partial charge in [0.2, 0.25) is 0 Å². The number of nitro benzene ring substituents is 1. The largest absolute Gasteiger partial charge is 0.385 e. The molecule has 1 aromatic rings. The minimum absolute atomic E-state index is 0.132. The minimum atomic E-state index is -0.517. The van der Waals surface area contributed by atoms with Crippen LogP contribution in [0.2, 0.25) is 0 Å². The van der Waals surface area contributed by atoms with E-state index in [0.29, 0.717) is 18.8 Å². The maximum absolute atomic E-state index is 12.3. The van der Waals surface area contributed by atoms with Gasteiger partial charge in [-0.05, 0) is 25.5 Å². The normalized spacial score (nSPS) is 10.2. The van der Waals surface area contributed by atoms with Crippen LogP contribution in [0.15, 0.2) is 18.2 Å². The number of carbonyl (C=O) groups is 1. The molecule has 0 spiro atoms. The SMILES string of the molecule is CCCCN(C)C(=O)c1cc(NCC)ccc1[N+](=O)[O-]. The van der Waals surface area contributed by atoms with Crippen LogP contribution >= 0.6 is 0 Å². The van der Waals surface area contributed by atoms with E-state index in [1.54, 1.807) is 19.2 Å². The maximum Gasteiger partial charge on any atom is 0.282 e. The Morgan fingerprint density at radius 1 is 1.40 bits per heavy atom. The van der Waals surface area contributed by atoms with Crippen LogP contribution < -0.4 is 5.32 Å². The van der Waals surface area contributed by atoms with Gasteiger partial charge < -0.3 is 10.2 Å². The Bertz CT molecular complexity index is 489. The second-order valence-electron chi connectivity index (χ2n) is 4.60. The molecule has 0 unspecified atom stereocenters. The number of hydrogen-bond donors (Lipinski definition) is 1. The van der Waals surface area contributed by atoms with Gasteiger partial charge in [0.1, 0.15) is 5.56 Å². The Morgan fingerprint density at radius 2 is 2.10 bits per heavy atom. The second-order valence-corrected chi connectivity index (χ2v) is 4.60. The maximum atomic E-state index is 12.3. The van der Waals surface area contributed by atoms with Crippen LogP contribution in [-0.4, -0.2) is 35.9 Å². The monoisotopic (exact) mass is 279 g/mol. The lowest BCUT2D eigenvalue weighted by atomic mass is 10.1. The molecular weight excluding hydrogens is 258 g/mol. The van der Waals surface area contributed by atoms with Gasteiger partial charge in [-0.3, -0.25) is 14.9 Å². The first kappa shape index (κ1) is 15.9. The number of carbonyl (C=O) groups excluding carboxylic acids is 1. The molecule has 0 aliphatic rings. The van der Waals surface area contributed by atoms with E-state index in [0.717, 1.165) is 12.8 Å². The summed E-state index contributed by atoms with van der Waals surface area (Å²) >= 11 is 0. The molecule has 0 bridgehead atoms. The van der Waals surface area contributed by atoms with Crippen LogP contribution in [0.5, 0.6) is 0 Å². The third-order valence-electron chi connectivity index (χ3n) is 3.00. The summed E-state index contributed by atoms with van der Waals surface area (Å²) in [6.45, 7) is 5.25. The van der Waals surface area contributed by atoms with Crippen LogP contribution in [0.3, 0.4) is 0 Å². The highest BCUT2D eigenvalue weighted by Crippen LogP contribution is 2.24. The molecule has 6 nitrogen and oxygen atoms in total. The number of nitrogens with one attached hydrogen (secondary N) is 1. The Labute approximate surface area is 118 Å². The Balaban J connectivity index is 3.08. The molecule has 110 valence electrons. The average molecular weight is 279 g/mol. The summed E-state index contributed by atoms with van der Waals surface area (Å²) in [7, 11) is 1.67. The highest BCUT2D eigenvalue weighted by molar-refractivity contribution is 5.99. The molecule has 1 N–H and O–H groups in total. The van der Waals surface area contributed by atoms with Crippen LogP contribution in [0.1, 0.15) is 37.0 Å². The zero-order valence-corrected chi connectivity index (χ0v) is 12.2. The summed E-state index contributed by atoms with van der Waals surface area (Å²) < 4.78 is 0. The topological polar surface area (TPSA) is 75.5 Å². The van der Waals surface area contributed by atoms with Crippen molar-refractivity contribution in [1.29, 1.82) is 0 Å². The molecule has 0 aliphatic carbocycles. The van der Waals surface area contributed by atoms with Gasteiger partial charge in [0.15, 0.2) is 0 Å². The average Bonchev–Trinajstić information content (AvgIpc) is 2.43. The minimum Gasteiger partial charge on any atom is -0.385 e. The summed E-state index contributed by atoms with van der Waals surface area (Å²) in [5.74, 6) is -0.315. The quantitative estimate of drug-likeness (QED) is 0.615. The number of amides is 1. The van der Waals surface area contributed by atoms with Crippen molar-refractivity contribution >= 4 is 17.3 Å². The fourth-order valence-electron chi connectivity index (χ4n) is 1.88. The smallest absolute Gasteiger partial charge is 0.282 e. The Kier molecular flexibility index (Phi) is 5.96. The molecule has 1 aromatic carbocycles. The van der Waals surface area contributed by atoms with Crippen LogP contribution in [0.25, 0.3) is 0 Å². The highest BCUT2D eigenvalue weighted by Gasteiger charge is 2.23. The van der Waals surface area contributed by atoms with E-state index in [2.05, 4.69) is 5.32 Å². The number of nitrogens with zero attached hydrogens (tertiary/aromatic N) is 2. The van der Waals surface area contributed by atoms with E-state index in [9.17, 15) is 14.9 Å². The predicted molar refractivity (Wildman–Crippen MR) is 79.1 cm³/mol. The van der Waals surface area contributed by atoms with Crippen molar-refractivity contribution in [3.63, 3.8) is 0 Å². The highest BCUT2D eigenvalue weighted by atomic mass is 16.6. The first-order valence-electron chi connectivity index (χ1n) is 6.79. The third kappa shape index (κ3) is 3.94. The lowest BCUT2D eigenvalue weighted by Gasteiger charge is -2.17. The van der Waals surface area contributed by atoms with Crippen molar-refractivity contribution in [1.82, 2.24) is 4.90 Å².